The fraction of sp³-hybridized carbons (Fsp3) is 1.00. The average molecular weight is 162 g/mol. The summed E-state index contributed by atoms with van der Waals surface area (Å²) in [5.41, 5.74) is 0. The first-order valence-corrected chi connectivity index (χ1v) is 5.21. The first kappa shape index (κ1) is 8.21. The molecular weight excluding hydrogens is 148 g/mol. The van der Waals surface area contributed by atoms with Gasteiger partial charge in [-0.1, -0.05) is 6.42 Å². The highest BCUT2D eigenvalue weighted by molar-refractivity contribution is 7.85. The molecule has 1 saturated heterocycles. The molecule has 1 fully saturated rings. The molecule has 0 saturated carbocycles. The molecule has 0 spiro atoms. The maximum absolute atomic E-state index is 11.2. The summed E-state index contributed by atoms with van der Waals surface area (Å²) in [5.74, 6) is 0.852. The summed E-state index contributed by atoms with van der Waals surface area (Å²) < 4.78 is 11.2. The third-order valence-electron chi connectivity index (χ3n) is 1.94. The predicted molar refractivity (Wildman–Crippen MR) is 42.4 cm³/mol. The van der Waals surface area contributed by atoms with Crippen molar-refractivity contribution in [3.63, 3.8) is 0 Å². The van der Waals surface area contributed by atoms with Crippen LogP contribution in [0.3, 0.4) is 0 Å². The molecule has 0 radical (unpaired) electrons. The third-order valence-corrected chi connectivity index (χ3v) is 3.85. The Kier molecular flexibility index (Phi) is 3.35. The highest BCUT2D eigenvalue weighted by Crippen LogP contribution is 2.18. The largest absolute Gasteiger partial charge is 0.396 e. The van der Waals surface area contributed by atoms with E-state index in [2.05, 4.69) is 0 Å². The van der Waals surface area contributed by atoms with E-state index in [0.29, 0.717) is 5.25 Å². The molecule has 0 aromatic rings. The van der Waals surface area contributed by atoms with Crippen molar-refractivity contribution >= 4 is 10.8 Å². The Morgan fingerprint density at radius 1 is 1.50 bits per heavy atom. The molecule has 2 atom stereocenters. The Morgan fingerprint density at radius 3 is 2.90 bits per heavy atom. The maximum Gasteiger partial charge on any atom is 0.0442 e. The quantitative estimate of drug-likeness (QED) is 0.648. The summed E-state index contributed by atoms with van der Waals surface area (Å²) in [6.45, 7) is 0.191. The number of rotatable bonds is 2. The van der Waals surface area contributed by atoms with Gasteiger partial charge in [0.05, 0.1) is 0 Å². The van der Waals surface area contributed by atoms with Crippen LogP contribution < -0.4 is 0 Å². The predicted octanol–water partition coefficient (Wildman–Crippen LogP) is 0.670. The molecule has 0 aliphatic carbocycles. The lowest BCUT2D eigenvalue weighted by Crippen LogP contribution is -2.23. The number of aliphatic hydroxyl groups excluding tert-OH is 1. The minimum absolute atomic E-state index is 0.191. The Labute approximate surface area is 64.1 Å². The Hall–Kier alpha value is 0.110. The average Bonchev–Trinajstić information content (AvgIpc) is 1.94. The van der Waals surface area contributed by atoms with E-state index in [-0.39, 0.29) is 6.61 Å². The second kappa shape index (κ2) is 4.09. The normalized spacial score (nSPS) is 34.1. The molecule has 0 bridgehead atoms. The smallest absolute Gasteiger partial charge is 0.0442 e. The summed E-state index contributed by atoms with van der Waals surface area (Å²) in [7, 11) is -0.638. The first-order valence-electron chi connectivity index (χ1n) is 3.82. The van der Waals surface area contributed by atoms with Crippen molar-refractivity contribution in [1.29, 1.82) is 0 Å². The minimum Gasteiger partial charge on any atom is -0.396 e. The van der Waals surface area contributed by atoms with E-state index >= 15 is 0 Å². The van der Waals surface area contributed by atoms with Gasteiger partial charge in [-0.25, -0.2) is 0 Å². The van der Waals surface area contributed by atoms with Gasteiger partial charge in [0.15, 0.2) is 0 Å². The zero-order chi connectivity index (χ0) is 7.40. The summed E-state index contributed by atoms with van der Waals surface area (Å²) in [4.78, 5) is 0. The summed E-state index contributed by atoms with van der Waals surface area (Å²) >= 11 is 0. The summed E-state index contributed by atoms with van der Waals surface area (Å²) in [6, 6.07) is 0. The fourth-order valence-electron chi connectivity index (χ4n) is 1.33. The molecule has 0 aromatic carbocycles. The Morgan fingerprint density at radius 2 is 2.30 bits per heavy atom. The SMILES string of the molecule is O=S1CCCCC1CCO. The van der Waals surface area contributed by atoms with E-state index in [9.17, 15) is 4.21 Å². The number of hydrogen-bond donors (Lipinski definition) is 1. The topological polar surface area (TPSA) is 37.3 Å². The molecule has 2 unspecified atom stereocenters. The molecule has 2 nitrogen and oxygen atoms in total. The van der Waals surface area contributed by atoms with Crippen molar-refractivity contribution in [1.82, 2.24) is 0 Å². The monoisotopic (exact) mass is 162 g/mol. The van der Waals surface area contributed by atoms with Crippen molar-refractivity contribution in [3.05, 3.63) is 0 Å². The highest BCUT2D eigenvalue weighted by Gasteiger charge is 2.19. The molecule has 1 rings (SSSR count). The van der Waals surface area contributed by atoms with Gasteiger partial charge in [-0.2, -0.15) is 0 Å². The van der Waals surface area contributed by atoms with E-state index in [1.54, 1.807) is 0 Å². The lowest BCUT2D eigenvalue weighted by atomic mass is 10.1. The van der Waals surface area contributed by atoms with Gasteiger partial charge in [0.1, 0.15) is 0 Å². The molecular formula is C7H14O2S. The van der Waals surface area contributed by atoms with Gasteiger partial charge in [-0.3, -0.25) is 4.21 Å². The molecule has 0 amide bonds. The zero-order valence-electron chi connectivity index (χ0n) is 6.08. The molecule has 1 N–H and O–H groups in total. The van der Waals surface area contributed by atoms with E-state index in [1.807, 2.05) is 0 Å². The second-order valence-corrected chi connectivity index (χ2v) is 4.55. The number of hydrogen-bond acceptors (Lipinski definition) is 2. The Balaban J connectivity index is 2.32. The molecule has 1 heterocycles. The van der Waals surface area contributed by atoms with E-state index in [1.165, 1.54) is 6.42 Å². The van der Waals surface area contributed by atoms with Gasteiger partial charge in [-0.05, 0) is 19.3 Å². The van der Waals surface area contributed by atoms with Crippen LogP contribution in [0.2, 0.25) is 0 Å². The maximum atomic E-state index is 11.2. The van der Waals surface area contributed by atoms with Crippen molar-refractivity contribution in [3.8, 4) is 0 Å². The van der Waals surface area contributed by atoms with Gasteiger partial charge < -0.3 is 5.11 Å². The van der Waals surface area contributed by atoms with E-state index in [4.69, 9.17) is 5.11 Å². The zero-order valence-corrected chi connectivity index (χ0v) is 6.90. The van der Waals surface area contributed by atoms with Gasteiger partial charge in [0, 0.05) is 28.4 Å². The lowest BCUT2D eigenvalue weighted by Gasteiger charge is -2.19. The Bertz CT molecular complexity index is 123. The van der Waals surface area contributed by atoms with Crippen LogP contribution >= 0.6 is 0 Å². The van der Waals surface area contributed by atoms with Crippen LogP contribution in [-0.2, 0) is 10.8 Å². The van der Waals surface area contributed by atoms with E-state index in [0.717, 1.165) is 25.0 Å². The van der Waals surface area contributed by atoms with Gasteiger partial charge in [-0.15, -0.1) is 0 Å². The van der Waals surface area contributed by atoms with Gasteiger partial charge in [0.2, 0.25) is 0 Å². The van der Waals surface area contributed by atoms with Crippen molar-refractivity contribution in [2.24, 2.45) is 0 Å². The van der Waals surface area contributed by atoms with Crippen LogP contribution in [0.15, 0.2) is 0 Å². The van der Waals surface area contributed by atoms with Crippen molar-refractivity contribution < 1.29 is 9.32 Å². The van der Waals surface area contributed by atoms with Crippen LogP contribution in [0.4, 0.5) is 0 Å². The first-order chi connectivity index (χ1) is 4.84. The molecule has 1 aliphatic heterocycles. The van der Waals surface area contributed by atoms with Gasteiger partial charge >= 0.3 is 0 Å². The molecule has 3 heteroatoms. The van der Waals surface area contributed by atoms with Crippen LogP contribution in [0, 0.1) is 0 Å². The van der Waals surface area contributed by atoms with Crippen LogP contribution in [0.1, 0.15) is 25.7 Å². The standard InChI is InChI=1S/C7H14O2S/c8-5-4-7-3-1-2-6-10(7)9/h7-8H,1-6H2. The van der Waals surface area contributed by atoms with Crippen LogP contribution in [0.5, 0.6) is 0 Å². The van der Waals surface area contributed by atoms with Crippen molar-refractivity contribution in [2.45, 2.75) is 30.9 Å². The summed E-state index contributed by atoms with van der Waals surface area (Å²) in [6.07, 6.45) is 4.07. The minimum atomic E-state index is -0.638. The fourth-order valence-corrected chi connectivity index (χ4v) is 2.95. The molecule has 0 aromatic heterocycles. The third kappa shape index (κ3) is 2.06. The van der Waals surface area contributed by atoms with Crippen LogP contribution in [0.25, 0.3) is 0 Å². The molecule has 1 aliphatic rings. The van der Waals surface area contributed by atoms with Gasteiger partial charge in [0.25, 0.3) is 0 Å². The number of aliphatic hydroxyl groups is 1. The second-order valence-electron chi connectivity index (χ2n) is 2.71. The molecule has 10 heavy (non-hydrogen) atoms. The van der Waals surface area contributed by atoms with Crippen molar-refractivity contribution in [2.75, 3.05) is 12.4 Å². The summed E-state index contributed by atoms with van der Waals surface area (Å²) in [5, 5.41) is 8.89. The van der Waals surface area contributed by atoms with E-state index < -0.39 is 10.8 Å². The lowest BCUT2D eigenvalue weighted by molar-refractivity contribution is 0.283. The highest BCUT2D eigenvalue weighted by atomic mass is 32.2. The van der Waals surface area contributed by atoms with Crippen LogP contribution in [-0.4, -0.2) is 26.9 Å². The molecule has 60 valence electrons.